The molecule has 0 aliphatic heterocycles. The van der Waals surface area contributed by atoms with Gasteiger partial charge in [-0.25, -0.2) is 23.5 Å². The molecule has 0 saturated heterocycles. The number of H-pyrrole nitrogens is 1. The Morgan fingerprint density at radius 2 is 1.27 bits per heavy atom. The van der Waals surface area contributed by atoms with Crippen molar-refractivity contribution in [3.8, 4) is 22.9 Å². The van der Waals surface area contributed by atoms with E-state index in [-0.39, 0.29) is 0 Å². The lowest BCUT2D eigenvalue weighted by Crippen LogP contribution is -2.48. The lowest BCUT2D eigenvalue weighted by atomic mass is 10.2. The highest BCUT2D eigenvalue weighted by Crippen LogP contribution is 2.28. The van der Waals surface area contributed by atoms with Gasteiger partial charge in [-0.15, -0.1) is 0 Å². The number of aromatic nitrogens is 3. The maximum atomic E-state index is 13.0. The van der Waals surface area contributed by atoms with E-state index in [0.717, 1.165) is 26.0 Å². The Kier molecular flexibility index (Phi) is 4.93. The third-order valence-electron chi connectivity index (χ3n) is 4.75. The lowest BCUT2D eigenvalue weighted by Gasteiger charge is -2.13. The molecule has 0 spiro atoms. The molecule has 150 valence electrons. The number of hydrogen-bond acceptors (Lipinski definition) is 4. The third kappa shape index (κ3) is 3.48. The van der Waals surface area contributed by atoms with Crippen molar-refractivity contribution in [2.45, 2.75) is 13.8 Å². The topological polar surface area (TPSA) is 86.1 Å². The monoisotopic (exact) mass is 401 g/mol. The van der Waals surface area contributed by atoms with E-state index < -0.39 is 17.1 Å². The SMILES string of the molecule is Cc1ccccc1Oc1ccc(-n2c(=O)[nH]c(=O)n(-c3ccccc3)c2=O)cc1C. The Morgan fingerprint density at radius 1 is 0.667 bits per heavy atom. The first kappa shape index (κ1) is 19.2. The van der Waals surface area contributed by atoms with Gasteiger partial charge in [-0.2, -0.15) is 0 Å². The largest absolute Gasteiger partial charge is 0.457 e. The molecule has 0 unspecified atom stereocenters. The predicted octanol–water partition coefficient (Wildman–Crippen LogP) is 3.09. The Morgan fingerprint density at radius 3 is 1.93 bits per heavy atom. The fraction of sp³-hybridized carbons (Fsp3) is 0.0870. The molecular weight excluding hydrogens is 382 g/mol. The minimum Gasteiger partial charge on any atom is -0.457 e. The van der Waals surface area contributed by atoms with Crippen molar-refractivity contribution in [2.24, 2.45) is 0 Å². The Bertz CT molecular complexity index is 1400. The van der Waals surface area contributed by atoms with Gasteiger partial charge in [0.05, 0.1) is 11.4 Å². The number of para-hydroxylation sites is 2. The molecule has 0 radical (unpaired) electrons. The van der Waals surface area contributed by atoms with Gasteiger partial charge in [-0.1, -0.05) is 36.4 Å². The van der Waals surface area contributed by atoms with Gasteiger partial charge in [0, 0.05) is 0 Å². The van der Waals surface area contributed by atoms with Crippen LogP contribution in [0.15, 0.2) is 87.2 Å². The molecule has 4 aromatic rings. The smallest absolute Gasteiger partial charge is 0.345 e. The van der Waals surface area contributed by atoms with Gasteiger partial charge in [0.1, 0.15) is 11.5 Å². The van der Waals surface area contributed by atoms with Crippen LogP contribution in [0, 0.1) is 13.8 Å². The van der Waals surface area contributed by atoms with Gasteiger partial charge >= 0.3 is 17.1 Å². The summed E-state index contributed by atoms with van der Waals surface area (Å²) in [4.78, 5) is 39.9. The average molecular weight is 401 g/mol. The zero-order chi connectivity index (χ0) is 21.3. The fourth-order valence-corrected chi connectivity index (χ4v) is 3.19. The van der Waals surface area contributed by atoms with Crippen LogP contribution in [0.3, 0.4) is 0 Å². The van der Waals surface area contributed by atoms with Gasteiger partial charge in [-0.05, 0) is 61.4 Å². The van der Waals surface area contributed by atoms with E-state index in [1.807, 2.05) is 38.1 Å². The highest BCUT2D eigenvalue weighted by Gasteiger charge is 2.14. The molecule has 0 amide bonds. The van der Waals surface area contributed by atoms with E-state index in [2.05, 4.69) is 4.98 Å². The third-order valence-corrected chi connectivity index (χ3v) is 4.75. The molecule has 0 aliphatic rings. The number of nitrogens with one attached hydrogen (secondary N) is 1. The van der Waals surface area contributed by atoms with Crippen molar-refractivity contribution in [3.05, 3.63) is 115 Å². The van der Waals surface area contributed by atoms with Crippen LogP contribution in [-0.4, -0.2) is 14.1 Å². The first-order valence-electron chi connectivity index (χ1n) is 9.34. The van der Waals surface area contributed by atoms with Gasteiger partial charge in [0.15, 0.2) is 0 Å². The second kappa shape index (κ2) is 7.71. The Hall–Kier alpha value is -4.13. The minimum atomic E-state index is -0.802. The predicted molar refractivity (Wildman–Crippen MR) is 114 cm³/mol. The van der Waals surface area contributed by atoms with E-state index in [4.69, 9.17) is 4.74 Å². The lowest BCUT2D eigenvalue weighted by molar-refractivity contribution is 0.475. The Labute approximate surface area is 171 Å². The van der Waals surface area contributed by atoms with Gasteiger partial charge in [0.25, 0.3) is 0 Å². The van der Waals surface area contributed by atoms with Crippen LogP contribution < -0.4 is 21.8 Å². The molecule has 7 heteroatoms. The minimum absolute atomic E-state index is 0.334. The van der Waals surface area contributed by atoms with Crippen molar-refractivity contribution in [3.63, 3.8) is 0 Å². The molecule has 7 nitrogen and oxygen atoms in total. The molecule has 30 heavy (non-hydrogen) atoms. The maximum Gasteiger partial charge on any atom is 0.345 e. The molecule has 0 bridgehead atoms. The van der Waals surface area contributed by atoms with Crippen molar-refractivity contribution in [1.29, 1.82) is 0 Å². The number of nitrogens with zero attached hydrogens (tertiary/aromatic N) is 2. The van der Waals surface area contributed by atoms with Crippen LogP contribution in [0.25, 0.3) is 11.4 Å². The van der Waals surface area contributed by atoms with E-state index in [0.29, 0.717) is 17.1 Å². The summed E-state index contributed by atoms with van der Waals surface area (Å²) in [6.45, 7) is 3.77. The molecule has 1 aromatic heterocycles. The summed E-state index contributed by atoms with van der Waals surface area (Å²) in [6.07, 6.45) is 0. The van der Waals surface area contributed by atoms with Crippen molar-refractivity contribution < 1.29 is 4.74 Å². The van der Waals surface area contributed by atoms with Crippen molar-refractivity contribution >= 4 is 0 Å². The number of rotatable bonds is 4. The number of benzene rings is 3. The summed E-state index contributed by atoms with van der Waals surface area (Å²) in [5.41, 5.74) is 0.0899. The molecule has 0 aliphatic carbocycles. The summed E-state index contributed by atoms with van der Waals surface area (Å²) in [5.74, 6) is 1.33. The van der Waals surface area contributed by atoms with Crippen LogP contribution in [0.1, 0.15) is 11.1 Å². The first-order valence-corrected chi connectivity index (χ1v) is 9.34. The summed E-state index contributed by atoms with van der Waals surface area (Å²) in [7, 11) is 0. The molecule has 3 aromatic carbocycles. The fourth-order valence-electron chi connectivity index (χ4n) is 3.19. The first-order chi connectivity index (χ1) is 14.5. The molecular formula is C23H19N3O4. The van der Waals surface area contributed by atoms with Crippen LogP contribution >= 0.6 is 0 Å². The second-order valence-corrected chi connectivity index (χ2v) is 6.84. The molecule has 0 saturated carbocycles. The zero-order valence-corrected chi connectivity index (χ0v) is 16.5. The van der Waals surface area contributed by atoms with Gasteiger partial charge in [0.2, 0.25) is 0 Å². The van der Waals surface area contributed by atoms with Crippen molar-refractivity contribution in [2.75, 3.05) is 0 Å². The standard InChI is InChI=1S/C23H19N3O4/c1-15-8-6-7-11-19(15)30-20-13-12-18(14-16(20)2)26-22(28)24-21(27)25(23(26)29)17-9-4-3-5-10-17/h3-14H,1-2H3,(H,24,27,28). The van der Waals surface area contributed by atoms with E-state index >= 15 is 0 Å². The summed E-state index contributed by atoms with van der Waals surface area (Å²) >= 11 is 0. The van der Waals surface area contributed by atoms with E-state index in [1.54, 1.807) is 48.5 Å². The maximum absolute atomic E-state index is 13.0. The quantitative estimate of drug-likeness (QED) is 0.569. The molecule has 1 N–H and O–H groups in total. The van der Waals surface area contributed by atoms with E-state index in [1.165, 1.54) is 0 Å². The van der Waals surface area contributed by atoms with E-state index in [9.17, 15) is 14.4 Å². The molecule has 1 heterocycles. The summed E-state index contributed by atoms with van der Waals surface area (Å²) in [6, 6.07) is 21.0. The number of hydrogen-bond donors (Lipinski definition) is 1. The van der Waals surface area contributed by atoms with Gasteiger partial charge < -0.3 is 4.74 Å². The molecule has 0 fully saturated rings. The normalized spacial score (nSPS) is 10.7. The molecule has 0 atom stereocenters. The zero-order valence-electron chi connectivity index (χ0n) is 16.5. The highest BCUT2D eigenvalue weighted by atomic mass is 16.5. The summed E-state index contributed by atoms with van der Waals surface area (Å²) in [5, 5.41) is 0. The van der Waals surface area contributed by atoms with Crippen LogP contribution in [-0.2, 0) is 0 Å². The number of aromatic amines is 1. The number of aryl methyl sites for hydroxylation is 2. The number of ether oxygens (including phenoxy) is 1. The van der Waals surface area contributed by atoms with Crippen LogP contribution in [0.5, 0.6) is 11.5 Å². The van der Waals surface area contributed by atoms with Crippen LogP contribution in [0.4, 0.5) is 0 Å². The average Bonchev–Trinajstić information content (AvgIpc) is 2.72. The highest BCUT2D eigenvalue weighted by molar-refractivity contribution is 5.46. The Balaban J connectivity index is 1.81. The van der Waals surface area contributed by atoms with Crippen LogP contribution in [0.2, 0.25) is 0 Å². The summed E-state index contributed by atoms with van der Waals surface area (Å²) < 4.78 is 7.83. The van der Waals surface area contributed by atoms with Gasteiger partial charge in [-0.3, -0.25) is 4.98 Å². The van der Waals surface area contributed by atoms with Crippen molar-refractivity contribution in [1.82, 2.24) is 14.1 Å². The second-order valence-electron chi connectivity index (χ2n) is 6.84. The molecule has 4 rings (SSSR count).